The summed E-state index contributed by atoms with van der Waals surface area (Å²) in [6.07, 6.45) is -4.67. The van der Waals surface area contributed by atoms with E-state index in [9.17, 15) is 24.0 Å². The number of esters is 4. The van der Waals surface area contributed by atoms with Gasteiger partial charge in [0, 0.05) is 33.4 Å². The summed E-state index contributed by atoms with van der Waals surface area (Å²) >= 11 is 0. The number of hydrogen-bond acceptors (Lipinski definition) is 9. The molecule has 0 aromatic heterocycles. The van der Waals surface area contributed by atoms with E-state index in [0.717, 1.165) is 38.8 Å². The van der Waals surface area contributed by atoms with Gasteiger partial charge in [-0.05, 0) is 25.5 Å². The minimum absolute atomic E-state index is 0.443. The minimum atomic E-state index is -1.69. The van der Waals surface area contributed by atoms with Gasteiger partial charge < -0.3 is 24.3 Å². The number of anilines is 1. The second-order valence-corrected chi connectivity index (χ2v) is 6.86. The molecule has 1 aromatic carbocycles. The largest absolute Gasteiger partial charge is 0.462 e. The van der Waals surface area contributed by atoms with E-state index in [4.69, 9.17) is 18.9 Å². The highest BCUT2D eigenvalue weighted by Gasteiger charge is 2.42. The summed E-state index contributed by atoms with van der Waals surface area (Å²) in [7, 11) is 0. The summed E-state index contributed by atoms with van der Waals surface area (Å²) in [5, 5.41) is 2.61. The molecule has 10 heteroatoms. The maximum Gasteiger partial charge on any atom is 0.303 e. The predicted octanol–water partition coefficient (Wildman–Crippen LogP) is 1.60. The van der Waals surface area contributed by atoms with Crippen molar-refractivity contribution in [3.8, 4) is 0 Å². The van der Waals surface area contributed by atoms with Crippen LogP contribution < -0.4 is 5.32 Å². The first-order chi connectivity index (χ1) is 14.4. The first kappa shape index (κ1) is 25.6. The minimum Gasteiger partial charge on any atom is -0.462 e. The van der Waals surface area contributed by atoms with Crippen LogP contribution >= 0.6 is 0 Å². The molecular weight excluding hydrogens is 410 g/mol. The first-order valence-corrected chi connectivity index (χ1v) is 9.43. The lowest BCUT2D eigenvalue weighted by molar-refractivity contribution is -0.190. The summed E-state index contributed by atoms with van der Waals surface area (Å²) in [6, 6.07) is 5.27. The van der Waals surface area contributed by atoms with E-state index in [1.807, 2.05) is 13.0 Å². The number of rotatable bonds is 9. The highest BCUT2D eigenvalue weighted by molar-refractivity contribution is 5.96. The van der Waals surface area contributed by atoms with Gasteiger partial charge in [-0.2, -0.15) is 0 Å². The smallest absolute Gasteiger partial charge is 0.303 e. The maximum atomic E-state index is 13.0. The van der Waals surface area contributed by atoms with E-state index in [-0.39, 0.29) is 0 Å². The number of nitrogens with one attached hydrogen (secondary N) is 1. The zero-order valence-electron chi connectivity index (χ0n) is 18.3. The molecule has 1 amide bonds. The van der Waals surface area contributed by atoms with Crippen molar-refractivity contribution in [1.82, 2.24) is 0 Å². The lowest BCUT2D eigenvalue weighted by Gasteiger charge is -2.31. The van der Waals surface area contributed by atoms with E-state index in [0.29, 0.717) is 5.69 Å². The zero-order chi connectivity index (χ0) is 23.7. The van der Waals surface area contributed by atoms with Crippen molar-refractivity contribution in [3.63, 3.8) is 0 Å². The van der Waals surface area contributed by atoms with Crippen LogP contribution in [-0.4, -0.2) is 54.7 Å². The van der Waals surface area contributed by atoms with Crippen LogP contribution in [0, 0.1) is 13.8 Å². The van der Waals surface area contributed by atoms with Crippen LogP contribution in [0.1, 0.15) is 38.8 Å². The molecule has 0 aliphatic rings. The molecular formula is C21H27NO9. The fraction of sp³-hybridized carbons (Fsp3) is 0.476. The van der Waals surface area contributed by atoms with Crippen LogP contribution in [0.5, 0.6) is 0 Å². The van der Waals surface area contributed by atoms with Gasteiger partial charge in [-0.3, -0.25) is 24.0 Å². The third-order valence-electron chi connectivity index (χ3n) is 3.93. The Labute approximate surface area is 180 Å². The molecule has 0 saturated heterocycles. The molecule has 0 heterocycles. The Morgan fingerprint density at radius 2 is 1.42 bits per heavy atom. The van der Waals surface area contributed by atoms with Crippen molar-refractivity contribution in [1.29, 1.82) is 0 Å². The molecule has 1 aromatic rings. The normalized spacial score (nSPS) is 13.2. The molecule has 1 rings (SSSR count). The number of amides is 1. The zero-order valence-corrected chi connectivity index (χ0v) is 18.3. The van der Waals surface area contributed by atoms with Gasteiger partial charge in [-0.25, -0.2) is 0 Å². The second kappa shape index (κ2) is 11.7. The maximum absolute atomic E-state index is 13.0. The molecule has 0 saturated carbocycles. The summed E-state index contributed by atoms with van der Waals surface area (Å²) in [6.45, 7) is 7.47. The van der Waals surface area contributed by atoms with Crippen molar-refractivity contribution < 1.29 is 42.9 Å². The molecule has 0 bridgehead atoms. The third kappa shape index (κ3) is 8.85. The van der Waals surface area contributed by atoms with Gasteiger partial charge >= 0.3 is 23.9 Å². The van der Waals surface area contributed by atoms with Gasteiger partial charge in [0.1, 0.15) is 6.61 Å². The van der Waals surface area contributed by atoms with E-state index in [1.165, 1.54) is 0 Å². The van der Waals surface area contributed by atoms with Crippen molar-refractivity contribution in [2.24, 2.45) is 0 Å². The van der Waals surface area contributed by atoms with Crippen LogP contribution in [-0.2, 0) is 42.9 Å². The number of hydrogen-bond donors (Lipinski definition) is 1. The van der Waals surface area contributed by atoms with Gasteiger partial charge in [0.25, 0.3) is 5.91 Å². The molecule has 0 aliphatic carbocycles. The van der Waals surface area contributed by atoms with Crippen molar-refractivity contribution in [2.75, 3.05) is 11.9 Å². The van der Waals surface area contributed by atoms with Gasteiger partial charge in [-0.1, -0.05) is 17.7 Å². The average Bonchev–Trinajstić information content (AvgIpc) is 2.63. The predicted molar refractivity (Wildman–Crippen MR) is 108 cm³/mol. The number of benzene rings is 1. The summed E-state index contributed by atoms with van der Waals surface area (Å²) < 4.78 is 20.3. The standard InChI is InChI=1S/C21H27NO9/c1-11-7-8-17(12(2)9-11)22-21(27)20(31-16(6)26)19(30-15(5)25)18(29-14(4)24)10-28-13(3)23/h7-9,18-20H,10H2,1-6H3,(H,22,27)/t18-,19-,20-/m1/s1. The lowest BCUT2D eigenvalue weighted by atomic mass is 10.1. The van der Waals surface area contributed by atoms with Gasteiger partial charge in [0.2, 0.25) is 6.10 Å². The van der Waals surface area contributed by atoms with Crippen molar-refractivity contribution in [2.45, 2.75) is 59.9 Å². The number of aryl methyl sites for hydroxylation is 2. The molecule has 31 heavy (non-hydrogen) atoms. The third-order valence-corrected chi connectivity index (χ3v) is 3.93. The Hall–Kier alpha value is -3.43. The van der Waals surface area contributed by atoms with Crippen LogP contribution in [0.4, 0.5) is 5.69 Å². The molecule has 0 unspecified atom stereocenters. The highest BCUT2D eigenvalue weighted by Crippen LogP contribution is 2.20. The number of carbonyl (C=O) groups is 5. The van der Waals surface area contributed by atoms with E-state index in [2.05, 4.69) is 5.32 Å². The molecule has 3 atom stereocenters. The Morgan fingerprint density at radius 1 is 0.839 bits per heavy atom. The van der Waals surface area contributed by atoms with Gasteiger partial charge in [-0.15, -0.1) is 0 Å². The average molecular weight is 437 g/mol. The Bertz CT molecular complexity index is 849. The molecule has 1 N–H and O–H groups in total. The van der Waals surface area contributed by atoms with Crippen LogP contribution in [0.15, 0.2) is 18.2 Å². The Balaban J connectivity index is 3.32. The lowest BCUT2D eigenvalue weighted by Crippen LogP contribution is -2.52. The number of carbonyl (C=O) groups excluding carboxylic acids is 5. The number of ether oxygens (including phenoxy) is 4. The summed E-state index contributed by atoms with van der Waals surface area (Å²) in [4.78, 5) is 59.2. The van der Waals surface area contributed by atoms with Crippen LogP contribution in [0.2, 0.25) is 0 Å². The molecule has 170 valence electrons. The monoisotopic (exact) mass is 437 g/mol. The summed E-state index contributed by atoms with van der Waals surface area (Å²) in [5.74, 6) is -3.98. The Morgan fingerprint density at radius 3 is 1.90 bits per heavy atom. The highest BCUT2D eigenvalue weighted by atomic mass is 16.6. The molecule has 0 spiro atoms. The topological polar surface area (TPSA) is 134 Å². The van der Waals surface area contributed by atoms with Crippen LogP contribution in [0.25, 0.3) is 0 Å². The second-order valence-electron chi connectivity index (χ2n) is 6.86. The molecule has 0 aliphatic heterocycles. The fourth-order valence-corrected chi connectivity index (χ4v) is 2.74. The molecule has 0 fully saturated rings. The SMILES string of the molecule is CC(=O)OC[C@@H](OC(C)=O)[C@@H](OC(C)=O)[C@@H](OC(C)=O)C(=O)Nc1ccc(C)cc1C. The van der Waals surface area contributed by atoms with E-state index in [1.54, 1.807) is 19.1 Å². The molecule has 0 radical (unpaired) electrons. The van der Waals surface area contributed by atoms with Crippen molar-refractivity contribution in [3.05, 3.63) is 29.3 Å². The Kier molecular flexibility index (Phi) is 9.65. The van der Waals surface area contributed by atoms with Gasteiger partial charge in [0.15, 0.2) is 12.2 Å². The first-order valence-electron chi connectivity index (χ1n) is 9.43. The van der Waals surface area contributed by atoms with E-state index >= 15 is 0 Å². The fourth-order valence-electron chi connectivity index (χ4n) is 2.74. The van der Waals surface area contributed by atoms with Crippen molar-refractivity contribution >= 4 is 35.5 Å². The molecule has 10 nitrogen and oxygen atoms in total. The van der Waals surface area contributed by atoms with E-state index < -0.39 is 54.7 Å². The quantitative estimate of drug-likeness (QED) is 0.451. The summed E-state index contributed by atoms with van der Waals surface area (Å²) in [5.41, 5.74) is 2.16. The van der Waals surface area contributed by atoms with Crippen LogP contribution in [0.3, 0.4) is 0 Å². The van der Waals surface area contributed by atoms with Gasteiger partial charge in [0.05, 0.1) is 0 Å².